The summed E-state index contributed by atoms with van der Waals surface area (Å²) in [6, 6.07) is 0. The minimum atomic E-state index is -0.523. The van der Waals surface area contributed by atoms with Crippen LogP contribution in [0, 0.1) is 5.92 Å². The molecule has 0 saturated heterocycles. The van der Waals surface area contributed by atoms with Crippen molar-refractivity contribution in [1.82, 2.24) is 0 Å². The van der Waals surface area contributed by atoms with Crippen LogP contribution < -0.4 is 0 Å². The third-order valence-electron chi connectivity index (χ3n) is 2.91. The molecular weight excluding hydrogens is 152 g/mol. The van der Waals surface area contributed by atoms with E-state index in [1.165, 1.54) is 0 Å². The lowest BCUT2D eigenvalue weighted by Gasteiger charge is -2.24. The Morgan fingerprint density at radius 1 is 1.50 bits per heavy atom. The zero-order valence-corrected chi connectivity index (χ0v) is 7.97. The van der Waals surface area contributed by atoms with Crippen molar-refractivity contribution in [3.63, 3.8) is 0 Å². The lowest BCUT2D eigenvalue weighted by molar-refractivity contribution is -0.122. The number of ketones is 1. The predicted molar refractivity (Wildman–Crippen MR) is 47.9 cm³/mol. The monoisotopic (exact) mass is 170 g/mol. The SMILES string of the molecule is CC(=O)C(C)CC1(O)CCCC1. The fraction of sp³-hybridized carbons (Fsp3) is 0.900. The van der Waals surface area contributed by atoms with Crippen molar-refractivity contribution in [1.29, 1.82) is 0 Å². The molecule has 0 aliphatic heterocycles. The van der Waals surface area contributed by atoms with Gasteiger partial charge in [-0.2, -0.15) is 0 Å². The van der Waals surface area contributed by atoms with Gasteiger partial charge < -0.3 is 5.11 Å². The Morgan fingerprint density at radius 2 is 2.00 bits per heavy atom. The highest BCUT2D eigenvalue weighted by Crippen LogP contribution is 2.34. The van der Waals surface area contributed by atoms with Gasteiger partial charge in [-0.15, -0.1) is 0 Å². The molecule has 1 unspecified atom stereocenters. The van der Waals surface area contributed by atoms with E-state index in [2.05, 4.69) is 0 Å². The Kier molecular flexibility index (Phi) is 2.89. The molecule has 0 bridgehead atoms. The fourth-order valence-corrected chi connectivity index (χ4v) is 1.95. The largest absolute Gasteiger partial charge is 0.390 e. The van der Waals surface area contributed by atoms with Crippen LogP contribution in [0.25, 0.3) is 0 Å². The summed E-state index contributed by atoms with van der Waals surface area (Å²) in [5.74, 6) is 0.212. The molecule has 70 valence electrons. The molecule has 1 atom stereocenters. The van der Waals surface area contributed by atoms with E-state index in [0.717, 1.165) is 25.7 Å². The van der Waals surface area contributed by atoms with Crippen molar-refractivity contribution >= 4 is 5.78 Å². The maximum absolute atomic E-state index is 11.0. The molecule has 1 N–H and O–H groups in total. The van der Waals surface area contributed by atoms with Crippen molar-refractivity contribution in [2.45, 2.75) is 51.6 Å². The van der Waals surface area contributed by atoms with Crippen molar-refractivity contribution in [2.75, 3.05) is 0 Å². The van der Waals surface area contributed by atoms with Crippen LogP contribution in [0.1, 0.15) is 46.0 Å². The first kappa shape index (κ1) is 9.72. The smallest absolute Gasteiger partial charge is 0.132 e. The van der Waals surface area contributed by atoms with Gasteiger partial charge in [0, 0.05) is 5.92 Å². The van der Waals surface area contributed by atoms with Gasteiger partial charge in [0.05, 0.1) is 5.60 Å². The summed E-state index contributed by atoms with van der Waals surface area (Å²) in [6.45, 7) is 3.50. The van der Waals surface area contributed by atoms with E-state index in [4.69, 9.17) is 0 Å². The molecule has 0 heterocycles. The first-order valence-electron chi connectivity index (χ1n) is 4.76. The Hall–Kier alpha value is -0.370. The van der Waals surface area contributed by atoms with Crippen molar-refractivity contribution in [3.05, 3.63) is 0 Å². The highest BCUT2D eigenvalue weighted by molar-refractivity contribution is 5.77. The van der Waals surface area contributed by atoms with Gasteiger partial charge in [-0.25, -0.2) is 0 Å². The molecule has 1 fully saturated rings. The van der Waals surface area contributed by atoms with Crippen LogP contribution in [0.3, 0.4) is 0 Å². The van der Waals surface area contributed by atoms with E-state index in [-0.39, 0.29) is 11.7 Å². The molecule has 0 aromatic heterocycles. The molecule has 2 heteroatoms. The number of carbonyl (C=O) groups excluding carboxylic acids is 1. The maximum atomic E-state index is 11.0. The first-order chi connectivity index (χ1) is 5.53. The van der Waals surface area contributed by atoms with E-state index < -0.39 is 5.60 Å². The lowest BCUT2D eigenvalue weighted by Crippen LogP contribution is -2.28. The number of Topliss-reactive ketones (excluding diaryl/α,β-unsaturated/α-hetero) is 1. The van der Waals surface area contributed by atoms with Crippen LogP contribution in [0.2, 0.25) is 0 Å². The Bertz CT molecular complexity index is 169. The van der Waals surface area contributed by atoms with Gasteiger partial charge in [0.1, 0.15) is 5.78 Å². The van der Waals surface area contributed by atoms with Gasteiger partial charge in [-0.05, 0) is 26.2 Å². The molecule has 1 aliphatic rings. The summed E-state index contributed by atoms with van der Waals surface area (Å²) < 4.78 is 0. The molecular formula is C10H18O2. The highest BCUT2D eigenvalue weighted by Gasteiger charge is 2.33. The van der Waals surface area contributed by atoms with Crippen LogP contribution in [0.5, 0.6) is 0 Å². The zero-order chi connectivity index (χ0) is 9.19. The number of hydrogen-bond donors (Lipinski definition) is 1. The molecule has 2 nitrogen and oxygen atoms in total. The Morgan fingerprint density at radius 3 is 2.42 bits per heavy atom. The standard InChI is InChI=1S/C10H18O2/c1-8(9(2)11)7-10(12)5-3-4-6-10/h8,12H,3-7H2,1-2H3. The number of carbonyl (C=O) groups is 1. The van der Waals surface area contributed by atoms with Crippen molar-refractivity contribution in [2.24, 2.45) is 5.92 Å². The zero-order valence-electron chi connectivity index (χ0n) is 7.97. The van der Waals surface area contributed by atoms with E-state index >= 15 is 0 Å². The van der Waals surface area contributed by atoms with E-state index in [0.29, 0.717) is 6.42 Å². The summed E-state index contributed by atoms with van der Waals surface area (Å²) in [6.07, 6.45) is 4.64. The van der Waals surface area contributed by atoms with Crippen LogP contribution in [-0.2, 0) is 4.79 Å². The summed E-state index contributed by atoms with van der Waals surface area (Å²) in [4.78, 5) is 11.0. The molecule has 0 aromatic carbocycles. The van der Waals surface area contributed by atoms with Crippen LogP contribution in [0.15, 0.2) is 0 Å². The van der Waals surface area contributed by atoms with Gasteiger partial charge in [0.25, 0.3) is 0 Å². The predicted octanol–water partition coefficient (Wildman–Crippen LogP) is 1.91. The Labute approximate surface area is 74.0 Å². The lowest BCUT2D eigenvalue weighted by atomic mass is 9.88. The molecule has 1 rings (SSSR count). The third kappa shape index (κ3) is 2.31. The van der Waals surface area contributed by atoms with Gasteiger partial charge in [-0.1, -0.05) is 19.8 Å². The molecule has 0 radical (unpaired) electrons. The normalized spacial score (nSPS) is 23.9. The van der Waals surface area contributed by atoms with Gasteiger partial charge >= 0.3 is 0 Å². The van der Waals surface area contributed by atoms with E-state index in [9.17, 15) is 9.90 Å². The molecule has 0 amide bonds. The fourth-order valence-electron chi connectivity index (χ4n) is 1.95. The maximum Gasteiger partial charge on any atom is 0.132 e. The summed E-state index contributed by atoms with van der Waals surface area (Å²) in [5, 5.41) is 9.96. The average molecular weight is 170 g/mol. The van der Waals surface area contributed by atoms with Gasteiger partial charge in [-0.3, -0.25) is 4.79 Å². The highest BCUT2D eigenvalue weighted by atomic mass is 16.3. The third-order valence-corrected chi connectivity index (χ3v) is 2.91. The topological polar surface area (TPSA) is 37.3 Å². The second kappa shape index (κ2) is 3.56. The minimum absolute atomic E-state index is 0.0214. The summed E-state index contributed by atoms with van der Waals surface area (Å²) >= 11 is 0. The minimum Gasteiger partial charge on any atom is -0.390 e. The molecule has 0 spiro atoms. The second-order valence-corrected chi connectivity index (χ2v) is 4.15. The number of hydrogen-bond acceptors (Lipinski definition) is 2. The molecule has 1 saturated carbocycles. The van der Waals surface area contributed by atoms with Crippen molar-refractivity contribution in [3.8, 4) is 0 Å². The van der Waals surface area contributed by atoms with E-state index in [1.807, 2.05) is 6.92 Å². The molecule has 1 aliphatic carbocycles. The van der Waals surface area contributed by atoms with Crippen molar-refractivity contribution < 1.29 is 9.90 Å². The van der Waals surface area contributed by atoms with Gasteiger partial charge in [0.15, 0.2) is 0 Å². The second-order valence-electron chi connectivity index (χ2n) is 4.15. The van der Waals surface area contributed by atoms with Crippen LogP contribution in [-0.4, -0.2) is 16.5 Å². The van der Waals surface area contributed by atoms with Gasteiger partial charge in [0.2, 0.25) is 0 Å². The number of rotatable bonds is 3. The van der Waals surface area contributed by atoms with E-state index in [1.54, 1.807) is 6.92 Å². The molecule has 12 heavy (non-hydrogen) atoms. The summed E-state index contributed by atoms with van der Waals surface area (Å²) in [7, 11) is 0. The quantitative estimate of drug-likeness (QED) is 0.702. The van der Waals surface area contributed by atoms with Crippen LogP contribution in [0.4, 0.5) is 0 Å². The summed E-state index contributed by atoms with van der Waals surface area (Å²) in [5.41, 5.74) is -0.523. The molecule has 0 aromatic rings. The average Bonchev–Trinajstić information content (AvgIpc) is 2.35. The Balaban J connectivity index is 2.43. The number of aliphatic hydroxyl groups is 1. The van der Waals surface area contributed by atoms with Crippen LogP contribution >= 0.6 is 0 Å². The first-order valence-corrected chi connectivity index (χ1v) is 4.76.